The summed E-state index contributed by atoms with van der Waals surface area (Å²) in [6.07, 6.45) is 3.08. The molecule has 0 unspecified atom stereocenters. The Balaban J connectivity index is 1.70. The highest BCUT2D eigenvalue weighted by Crippen LogP contribution is 2.15. The summed E-state index contributed by atoms with van der Waals surface area (Å²) in [4.78, 5) is 26.9. The van der Waals surface area contributed by atoms with Gasteiger partial charge in [-0.3, -0.25) is 9.59 Å². The summed E-state index contributed by atoms with van der Waals surface area (Å²) in [6.45, 7) is 1.87. The molecule has 1 aromatic carbocycles. The maximum absolute atomic E-state index is 12.1. The second-order valence-corrected chi connectivity index (χ2v) is 4.93. The fraction of sp³-hybridized carbons (Fsp3) is 0.133. The maximum atomic E-state index is 12.1. The molecule has 0 spiro atoms. The highest BCUT2D eigenvalue weighted by Gasteiger charge is 2.13. The minimum absolute atomic E-state index is 0.163. The number of rotatable bonds is 4. The fourth-order valence-electron chi connectivity index (χ4n) is 2.08. The number of nitrogens with zero attached hydrogens (tertiary/aromatic N) is 4. The van der Waals surface area contributed by atoms with Gasteiger partial charge in [-0.15, -0.1) is 0 Å². The number of nitrogens with one attached hydrogen (secondary N) is 2. The van der Waals surface area contributed by atoms with E-state index in [4.69, 9.17) is 0 Å². The predicted octanol–water partition coefficient (Wildman–Crippen LogP) is 0.842. The monoisotopic (exact) mass is 310 g/mol. The molecule has 2 N–H and O–H groups in total. The lowest BCUT2D eigenvalue weighted by Gasteiger charge is -2.14. The number of carbonyl (C=O) groups excluding carboxylic acids is 1. The standard InChI is InChI=1S/C15H14N6O2/c1-10(18-15(23)13-6-7-14(22)20-19-13)11-2-4-12(5-3-11)21-9-16-8-17-21/h2-10H,1H3,(H,18,23)(H,20,22)/t10-/m0/s1. The Bertz CT molecular complexity index is 834. The van der Waals surface area contributed by atoms with Gasteiger partial charge in [0.2, 0.25) is 0 Å². The summed E-state index contributed by atoms with van der Waals surface area (Å²) in [6, 6.07) is 10.0. The van der Waals surface area contributed by atoms with Gasteiger partial charge in [-0.05, 0) is 30.7 Å². The normalized spacial score (nSPS) is 11.9. The van der Waals surface area contributed by atoms with E-state index in [1.165, 1.54) is 18.5 Å². The van der Waals surface area contributed by atoms with Gasteiger partial charge in [-0.1, -0.05) is 12.1 Å². The van der Waals surface area contributed by atoms with E-state index >= 15 is 0 Å². The van der Waals surface area contributed by atoms with Gasteiger partial charge in [-0.25, -0.2) is 14.8 Å². The van der Waals surface area contributed by atoms with E-state index in [2.05, 4.69) is 25.6 Å². The molecule has 1 amide bonds. The summed E-state index contributed by atoms with van der Waals surface area (Å²) in [5.41, 5.74) is 1.63. The van der Waals surface area contributed by atoms with E-state index in [1.807, 2.05) is 31.2 Å². The van der Waals surface area contributed by atoms with Crippen molar-refractivity contribution in [2.75, 3.05) is 0 Å². The van der Waals surface area contributed by atoms with Crippen LogP contribution in [0.3, 0.4) is 0 Å². The number of benzene rings is 1. The quantitative estimate of drug-likeness (QED) is 0.743. The molecule has 0 saturated heterocycles. The second kappa shape index (κ2) is 6.22. The number of carbonyl (C=O) groups is 1. The molecule has 0 bridgehead atoms. The molecule has 3 rings (SSSR count). The van der Waals surface area contributed by atoms with E-state index in [0.717, 1.165) is 11.3 Å². The Morgan fingerprint density at radius 3 is 2.61 bits per heavy atom. The molecule has 2 aromatic heterocycles. The third-order valence-electron chi connectivity index (χ3n) is 3.34. The first kappa shape index (κ1) is 14.6. The zero-order chi connectivity index (χ0) is 16.2. The lowest BCUT2D eigenvalue weighted by molar-refractivity contribution is 0.0933. The summed E-state index contributed by atoms with van der Waals surface area (Å²) >= 11 is 0. The molecule has 116 valence electrons. The molecule has 0 aliphatic rings. The van der Waals surface area contributed by atoms with Gasteiger partial charge in [0.05, 0.1) is 11.7 Å². The van der Waals surface area contributed by atoms with E-state index < -0.39 is 0 Å². The third-order valence-corrected chi connectivity index (χ3v) is 3.34. The van der Waals surface area contributed by atoms with Crippen LogP contribution in [-0.2, 0) is 0 Å². The van der Waals surface area contributed by atoms with Crippen molar-refractivity contribution in [2.45, 2.75) is 13.0 Å². The maximum Gasteiger partial charge on any atom is 0.272 e. The van der Waals surface area contributed by atoms with Gasteiger partial charge in [0, 0.05) is 6.07 Å². The van der Waals surface area contributed by atoms with Crippen LogP contribution < -0.4 is 10.9 Å². The molecule has 0 aliphatic carbocycles. The minimum Gasteiger partial charge on any atom is -0.344 e. The number of amides is 1. The summed E-state index contributed by atoms with van der Waals surface area (Å²) in [5, 5.41) is 12.8. The van der Waals surface area contributed by atoms with Crippen LogP contribution in [0.15, 0.2) is 53.8 Å². The average molecular weight is 310 g/mol. The molecular formula is C15H14N6O2. The Hall–Kier alpha value is -3.29. The molecule has 0 radical (unpaired) electrons. The molecule has 0 aliphatic heterocycles. The van der Waals surface area contributed by atoms with Crippen molar-refractivity contribution >= 4 is 5.91 Å². The first-order valence-corrected chi connectivity index (χ1v) is 6.95. The van der Waals surface area contributed by atoms with Gasteiger partial charge < -0.3 is 5.32 Å². The Morgan fingerprint density at radius 1 is 1.22 bits per heavy atom. The zero-order valence-corrected chi connectivity index (χ0v) is 12.3. The van der Waals surface area contributed by atoms with Crippen LogP contribution >= 0.6 is 0 Å². The van der Waals surface area contributed by atoms with Crippen molar-refractivity contribution in [3.05, 3.63) is 70.7 Å². The highest BCUT2D eigenvalue weighted by molar-refractivity contribution is 5.92. The molecule has 8 nitrogen and oxygen atoms in total. The van der Waals surface area contributed by atoms with Crippen LogP contribution in [0.25, 0.3) is 5.69 Å². The van der Waals surface area contributed by atoms with Crippen molar-refractivity contribution in [3.8, 4) is 5.69 Å². The molecule has 2 heterocycles. The van der Waals surface area contributed by atoms with Gasteiger partial charge in [-0.2, -0.15) is 10.2 Å². The molecule has 23 heavy (non-hydrogen) atoms. The molecule has 0 fully saturated rings. The summed E-state index contributed by atoms with van der Waals surface area (Å²) in [5.74, 6) is -0.353. The number of hydrogen-bond donors (Lipinski definition) is 2. The first-order chi connectivity index (χ1) is 11.1. The van der Waals surface area contributed by atoms with Crippen molar-refractivity contribution < 1.29 is 4.79 Å². The predicted molar refractivity (Wildman–Crippen MR) is 82.1 cm³/mol. The average Bonchev–Trinajstić information content (AvgIpc) is 3.10. The smallest absolute Gasteiger partial charge is 0.272 e. The van der Waals surface area contributed by atoms with Crippen LogP contribution in [0.1, 0.15) is 29.0 Å². The lowest BCUT2D eigenvalue weighted by Crippen LogP contribution is -2.28. The summed E-state index contributed by atoms with van der Waals surface area (Å²) < 4.78 is 1.65. The minimum atomic E-state index is -0.353. The lowest BCUT2D eigenvalue weighted by atomic mass is 10.1. The highest BCUT2D eigenvalue weighted by atomic mass is 16.2. The topological polar surface area (TPSA) is 106 Å². The van der Waals surface area contributed by atoms with Crippen molar-refractivity contribution in [1.82, 2.24) is 30.3 Å². The number of aromatic nitrogens is 5. The van der Waals surface area contributed by atoms with Crippen LogP contribution in [0.2, 0.25) is 0 Å². The molecule has 8 heteroatoms. The van der Waals surface area contributed by atoms with Gasteiger partial charge >= 0.3 is 0 Å². The van der Waals surface area contributed by atoms with Crippen LogP contribution in [-0.4, -0.2) is 30.9 Å². The van der Waals surface area contributed by atoms with E-state index in [1.54, 1.807) is 11.0 Å². The number of hydrogen-bond acceptors (Lipinski definition) is 5. The third kappa shape index (κ3) is 3.31. The molecule has 1 atom stereocenters. The number of aromatic amines is 1. The van der Waals surface area contributed by atoms with Crippen molar-refractivity contribution in [3.63, 3.8) is 0 Å². The molecule has 0 saturated carbocycles. The van der Waals surface area contributed by atoms with Crippen LogP contribution in [0.5, 0.6) is 0 Å². The van der Waals surface area contributed by atoms with Gasteiger partial charge in [0.25, 0.3) is 11.5 Å². The zero-order valence-electron chi connectivity index (χ0n) is 12.3. The summed E-state index contributed by atoms with van der Waals surface area (Å²) in [7, 11) is 0. The molecule has 3 aromatic rings. The van der Waals surface area contributed by atoms with Gasteiger partial charge in [0.15, 0.2) is 0 Å². The Morgan fingerprint density at radius 2 is 2.00 bits per heavy atom. The SMILES string of the molecule is C[C@H](NC(=O)c1ccc(=O)[nH]n1)c1ccc(-n2cncn2)cc1. The van der Waals surface area contributed by atoms with Crippen molar-refractivity contribution in [2.24, 2.45) is 0 Å². The largest absolute Gasteiger partial charge is 0.344 e. The Kier molecular flexibility index (Phi) is 3.96. The fourth-order valence-corrected chi connectivity index (χ4v) is 2.08. The Labute approximate surface area is 131 Å². The van der Waals surface area contributed by atoms with Crippen LogP contribution in [0.4, 0.5) is 0 Å². The van der Waals surface area contributed by atoms with E-state index in [-0.39, 0.29) is 23.2 Å². The van der Waals surface area contributed by atoms with Gasteiger partial charge in [0.1, 0.15) is 18.3 Å². The second-order valence-electron chi connectivity index (χ2n) is 4.93. The number of H-pyrrole nitrogens is 1. The van der Waals surface area contributed by atoms with E-state index in [9.17, 15) is 9.59 Å². The first-order valence-electron chi connectivity index (χ1n) is 6.95. The van der Waals surface area contributed by atoms with Crippen LogP contribution in [0, 0.1) is 0 Å². The van der Waals surface area contributed by atoms with E-state index in [0.29, 0.717) is 0 Å². The molecular weight excluding hydrogens is 296 g/mol. The van der Waals surface area contributed by atoms with Crippen molar-refractivity contribution in [1.29, 1.82) is 0 Å².